The molecule has 3 aromatic carbocycles. The largest absolute Gasteiger partial charge is 0.493 e. The van der Waals surface area contributed by atoms with Gasteiger partial charge in [-0.1, -0.05) is 66.7 Å². The summed E-state index contributed by atoms with van der Waals surface area (Å²) in [5, 5.41) is 7.88. The average molecular weight is 456 g/mol. The summed E-state index contributed by atoms with van der Waals surface area (Å²) in [4.78, 5) is 12.6. The molecule has 1 heterocycles. The molecule has 4 rings (SSSR count). The molecule has 0 aliphatic carbocycles. The predicted molar refractivity (Wildman–Crippen MR) is 133 cm³/mol. The summed E-state index contributed by atoms with van der Waals surface area (Å²) in [6, 6.07) is 26.0. The van der Waals surface area contributed by atoms with Crippen molar-refractivity contribution in [2.45, 2.75) is 25.9 Å². The highest BCUT2D eigenvalue weighted by molar-refractivity contribution is 5.76. The minimum absolute atomic E-state index is 0.00962. The molecule has 1 amide bonds. The van der Waals surface area contributed by atoms with Crippen LogP contribution in [0.5, 0.6) is 11.5 Å². The summed E-state index contributed by atoms with van der Waals surface area (Å²) in [5.74, 6) is 1.33. The quantitative estimate of drug-likeness (QED) is 0.371. The molecule has 0 radical (unpaired) electrons. The second-order valence-corrected chi connectivity index (χ2v) is 8.02. The van der Waals surface area contributed by atoms with E-state index in [0.717, 1.165) is 22.4 Å². The van der Waals surface area contributed by atoms with Crippen molar-refractivity contribution in [1.82, 2.24) is 15.1 Å². The fourth-order valence-corrected chi connectivity index (χ4v) is 3.86. The minimum atomic E-state index is -0.00962. The Hall–Kier alpha value is -4.06. The van der Waals surface area contributed by atoms with Crippen LogP contribution in [0.4, 0.5) is 0 Å². The van der Waals surface area contributed by atoms with Crippen molar-refractivity contribution in [3.8, 4) is 22.8 Å². The average Bonchev–Trinajstić information content (AvgIpc) is 3.29. The number of aryl methyl sites for hydroxylation is 1. The van der Waals surface area contributed by atoms with E-state index >= 15 is 0 Å². The van der Waals surface area contributed by atoms with Gasteiger partial charge < -0.3 is 14.8 Å². The fourth-order valence-electron chi connectivity index (χ4n) is 3.86. The van der Waals surface area contributed by atoms with Gasteiger partial charge in [0.15, 0.2) is 11.5 Å². The minimum Gasteiger partial charge on any atom is -0.493 e. The predicted octanol–water partition coefficient (Wildman–Crippen LogP) is 4.86. The number of rotatable bonds is 10. The summed E-state index contributed by atoms with van der Waals surface area (Å²) < 4.78 is 12.6. The van der Waals surface area contributed by atoms with Gasteiger partial charge in [-0.3, -0.25) is 9.48 Å². The highest BCUT2D eigenvalue weighted by Gasteiger charge is 2.13. The molecular weight excluding hydrogens is 426 g/mol. The van der Waals surface area contributed by atoms with E-state index in [0.29, 0.717) is 37.4 Å². The zero-order valence-electron chi connectivity index (χ0n) is 19.5. The Labute approximate surface area is 200 Å². The lowest BCUT2D eigenvalue weighted by atomic mass is 10.1. The van der Waals surface area contributed by atoms with Crippen molar-refractivity contribution in [1.29, 1.82) is 0 Å². The third kappa shape index (κ3) is 5.84. The Kier molecular flexibility index (Phi) is 7.60. The van der Waals surface area contributed by atoms with Crippen LogP contribution in [-0.4, -0.2) is 29.9 Å². The molecule has 0 saturated heterocycles. The normalized spacial score (nSPS) is 10.6. The lowest BCUT2D eigenvalue weighted by Crippen LogP contribution is -2.23. The van der Waals surface area contributed by atoms with Gasteiger partial charge >= 0.3 is 0 Å². The van der Waals surface area contributed by atoms with E-state index in [1.165, 1.54) is 5.56 Å². The van der Waals surface area contributed by atoms with E-state index in [1.54, 1.807) is 14.2 Å². The summed E-state index contributed by atoms with van der Waals surface area (Å²) in [6.45, 7) is 1.09. The first kappa shape index (κ1) is 23.1. The molecule has 34 heavy (non-hydrogen) atoms. The van der Waals surface area contributed by atoms with Crippen LogP contribution in [0.3, 0.4) is 0 Å². The maximum Gasteiger partial charge on any atom is 0.220 e. The van der Waals surface area contributed by atoms with E-state index in [1.807, 2.05) is 77.6 Å². The van der Waals surface area contributed by atoms with Crippen molar-refractivity contribution in [2.24, 2.45) is 0 Å². The Balaban J connectivity index is 1.42. The van der Waals surface area contributed by atoms with Gasteiger partial charge in [-0.25, -0.2) is 0 Å². The Morgan fingerprint density at radius 2 is 1.59 bits per heavy atom. The first-order valence-corrected chi connectivity index (χ1v) is 11.3. The van der Waals surface area contributed by atoms with Crippen LogP contribution in [0.2, 0.25) is 0 Å². The molecule has 0 spiro atoms. The van der Waals surface area contributed by atoms with Gasteiger partial charge in [-0.15, -0.1) is 0 Å². The standard InChI is InChI=1S/C28H29N3O3/c1-33-25-15-13-21(17-26(25)34-2)14-16-27(32)29-18-24-20-31(19-22-9-5-3-6-10-22)30-28(24)23-11-7-4-8-12-23/h3-13,15,17,20H,14,16,18-19H2,1-2H3,(H,29,32). The molecule has 0 aliphatic heterocycles. The SMILES string of the molecule is COc1ccc(CCC(=O)NCc2cn(Cc3ccccc3)nc2-c2ccccc2)cc1OC. The van der Waals surface area contributed by atoms with Crippen LogP contribution in [0.25, 0.3) is 11.3 Å². The van der Waals surface area contributed by atoms with E-state index in [4.69, 9.17) is 14.6 Å². The molecule has 0 fully saturated rings. The number of ether oxygens (including phenoxy) is 2. The Morgan fingerprint density at radius 3 is 2.29 bits per heavy atom. The number of hydrogen-bond donors (Lipinski definition) is 1. The second-order valence-electron chi connectivity index (χ2n) is 8.02. The molecule has 6 heteroatoms. The van der Waals surface area contributed by atoms with Crippen LogP contribution in [0.1, 0.15) is 23.1 Å². The van der Waals surface area contributed by atoms with Gasteiger partial charge in [-0.2, -0.15) is 5.10 Å². The maximum absolute atomic E-state index is 12.6. The molecule has 6 nitrogen and oxygen atoms in total. The number of nitrogens with zero attached hydrogens (tertiary/aromatic N) is 2. The monoisotopic (exact) mass is 455 g/mol. The molecule has 4 aromatic rings. The molecule has 174 valence electrons. The number of carbonyl (C=O) groups is 1. The summed E-state index contributed by atoms with van der Waals surface area (Å²) in [5.41, 5.74) is 5.10. The third-order valence-electron chi connectivity index (χ3n) is 5.64. The fraction of sp³-hybridized carbons (Fsp3) is 0.214. The third-order valence-corrected chi connectivity index (χ3v) is 5.64. The van der Waals surface area contributed by atoms with Crippen LogP contribution in [-0.2, 0) is 24.3 Å². The number of methoxy groups -OCH3 is 2. The van der Waals surface area contributed by atoms with Crippen LogP contribution >= 0.6 is 0 Å². The lowest BCUT2D eigenvalue weighted by Gasteiger charge is -2.10. The number of aromatic nitrogens is 2. The number of hydrogen-bond acceptors (Lipinski definition) is 4. The van der Waals surface area contributed by atoms with Crippen molar-refractivity contribution >= 4 is 5.91 Å². The maximum atomic E-state index is 12.6. The van der Waals surface area contributed by atoms with Crippen LogP contribution < -0.4 is 14.8 Å². The highest BCUT2D eigenvalue weighted by Crippen LogP contribution is 2.28. The molecule has 1 N–H and O–H groups in total. The van der Waals surface area contributed by atoms with Gasteiger partial charge in [-0.05, 0) is 29.7 Å². The topological polar surface area (TPSA) is 65.4 Å². The van der Waals surface area contributed by atoms with Gasteiger partial charge in [0.05, 0.1) is 26.5 Å². The van der Waals surface area contributed by atoms with Gasteiger partial charge in [0.25, 0.3) is 0 Å². The van der Waals surface area contributed by atoms with Crippen LogP contribution in [0, 0.1) is 0 Å². The summed E-state index contributed by atoms with van der Waals surface area (Å²) in [6.07, 6.45) is 3.02. The zero-order valence-corrected chi connectivity index (χ0v) is 19.5. The van der Waals surface area contributed by atoms with Crippen molar-refractivity contribution < 1.29 is 14.3 Å². The Morgan fingerprint density at radius 1 is 0.882 bits per heavy atom. The zero-order chi connectivity index (χ0) is 23.8. The van der Waals surface area contributed by atoms with Gasteiger partial charge in [0.2, 0.25) is 5.91 Å². The van der Waals surface area contributed by atoms with Crippen molar-refractivity contribution in [3.05, 3.63) is 102 Å². The molecule has 0 atom stereocenters. The molecule has 0 bridgehead atoms. The smallest absolute Gasteiger partial charge is 0.220 e. The molecule has 0 aliphatic rings. The number of nitrogens with one attached hydrogen (secondary N) is 1. The Bertz CT molecular complexity index is 1220. The molecular formula is C28H29N3O3. The first-order valence-electron chi connectivity index (χ1n) is 11.3. The summed E-state index contributed by atoms with van der Waals surface area (Å²) >= 11 is 0. The van der Waals surface area contributed by atoms with Crippen molar-refractivity contribution in [2.75, 3.05) is 14.2 Å². The number of carbonyl (C=O) groups excluding carboxylic acids is 1. The van der Waals surface area contributed by atoms with E-state index in [2.05, 4.69) is 17.4 Å². The van der Waals surface area contributed by atoms with Gasteiger partial charge in [0.1, 0.15) is 0 Å². The second kappa shape index (κ2) is 11.2. The van der Waals surface area contributed by atoms with E-state index in [9.17, 15) is 4.79 Å². The molecule has 0 saturated carbocycles. The van der Waals surface area contributed by atoms with E-state index < -0.39 is 0 Å². The highest BCUT2D eigenvalue weighted by atomic mass is 16.5. The van der Waals surface area contributed by atoms with Gasteiger partial charge in [0, 0.05) is 30.3 Å². The lowest BCUT2D eigenvalue weighted by molar-refractivity contribution is -0.121. The summed E-state index contributed by atoms with van der Waals surface area (Å²) in [7, 11) is 3.22. The van der Waals surface area contributed by atoms with Crippen LogP contribution in [0.15, 0.2) is 85.1 Å². The molecule has 1 aromatic heterocycles. The van der Waals surface area contributed by atoms with Crippen molar-refractivity contribution in [3.63, 3.8) is 0 Å². The first-order chi connectivity index (χ1) is 16.7. The number of amides is 1. The molecule has 0 unspecified atom stereocenters. The number of benzene rings is 3. The van der Waals surface area contributed by atoms with E-state index in [-0.39, 0.29) is 5.91 Å².